The van der Waals surface area contributed by atoms with E-state index in [9.17, 15) is 8.42 Å². The summed E-state index contributed by atoms with van der Waals surface area (Å²) in [4.78, 5) is 7.35. The number of guanidine groups is 1. The summed E-state index contributed by atoms with van der Waals surface area (Å²) in [7, 11) is -2.01. The molecule has 27 heavy (non-hydrogen) atoms. The average Bonchev–Trinajstić information content (AvgIpc) is 2.65. The standard InChI is InChI=1S/C18H30N4O2S2.HI/c1-5-20-18(22-9-10-25-17(13-22)14(2)3)21-12-15-7-6-8-16(11-15)26(23,24)19-4;/h6-8,11,14,17,19H,5,9-10,12-13H2,1-4H3,(H,20,21);1H. The van der Waals surface area contributed by atoms with Crippen molar-refractivity contribution >= 4 is 51.7 Å². The normalized spacial score (nSPS) is 18.3. The van der Waals surface area contributed by atoms with Gasteiger partial charge in [-0.3, -0.25) is 0 Å². The first kappa shape index (κ1) is 24.5. The van der Waals surface area contributed by atoms with Gasteiger partial charge in [0.15, 0.2) is 5.96 Å². The summed E-state index contributed by atoms with van der Waals surface area (Å²) in [6, 6.07) is 6.94. The average molecular weight is 527 g/mol. The van der Waals surface area contributed by atoms with E-state index >= 15 is 0 Å². The minimum absolute atomic E-state index is 0. The van der Waals surface area contributed by atoms with Gasteiger partial charge in [0.2, 0.25) is 10.0 Å². The maximum Gasteiger partial charge on any atom is 0.240 e. The third-order valence-corrected chi connectivity index (χ3v) is 7.31. The fourth-order valence-corrected chi connectivity index (χ4v) is 4.89. The number of benzene rings is 1. The molecule has 1 aliphatic heterocycles. The van der Waals surface area contributed by atoms with Crippen molar-refractivity contribution in [1.82, 2.24) is 14.9 Å². The highest BCUT2D eigenvalue weighted by Gasteiger charge is 2.24. The van der Waals surface area contributed by atoms with Crippen molar-refractivity contribution in [2.24, 2.45) is 10.9 Å². The maximum atomic E-state index is 12.0. The molecule has 0 bridgehead atoms. The number of rotatable bonds is 6. The zero-order valence-corrected chi connectivity index (χ0v) is 20.4. The topological polar surface area (TPSA) is 73.8 Å². The van der Waals surface area contributed by atoms with Crippen LogP contribution in [0.15, 0.2) is 34.2 Å². The van der Waals surface area contributed by atoms with Crippen molar-refractivity contribution in [3.63, 3.8) is 0 Å². The van der Waals surface area contributed by atoms with E-state index in [0.29, 0.717) is 17.7 Å². The van der Waals surface area contributed by atoms with Gasteiger partial charge in [0.25, 0.3) is 0 Å². The molecule has 9 heteroatoms. The van der Waals surface area contributed by atoms with Crippen LogP contribution in [-0.4, -0.2) is 57.0 Å². The summed E-state index contributed by atoms with van der Waals surface area (Å²) in [5.41, 5.74) is 0.878. The summed E-state index contributed by atoms with van der Waals surface area (Å²) >= 11 is 2.03. The van der Waals surface area contributed by atoms with Crippen molar-refractivity contribution in [3.8, 4) is 0 Å². The lowest BCUT2D eigenvalue weighted by molar-refractivity contribution is 0.381. The lowest BCUT2D eigenvalue weighted by Gasteiger charge is -2.36. The molecule has 1 aromatic carbocycles. The predicted molar refractivity (Wildman–Crippen MR) is 126 cm³/mol. The molecule has 2 rings (SSSR count). The SMILES string of the molecule is CCNC(=NCc1cccc(S(=O)(=O)NC)c1)N1CCSC(C(C)C)C1.I. The van der Waals surface area contributed by atoms with Crippen LogP contribution in [0.25, 0.3) is 0 Å². The van der Waals surface area contributed by atoms with Crippen LogP contribution in [0.3, 0.4) is 0 Å². The minimum atomic E-state index is -3.43. The van der Waals surface area contributed by atoms with E-state index in [2.05, 4.69) is 35.7 Å². The van der Waals surface area contributed by atoms with E-state index in [1.54, 1.807) is 18.2 Å². The number of thioether (sulfide) groups is 1. The Bertz CT molecular complexity index is 726. The van der Waals surface area contributed by atoms with Gasteiger partial charge in [-0.25, -0.2) is 18.1 Å². The maximum absolute atomic E-state index is 12.0. The van der Waals surface area contributed by atoms with Crippen LogP contribution < -0.4 is 10.0 Å². The number of nitrogens with zero attached hydrogens (tertiary/aromatic N) is 2. The highest BCUT2D eigenvalue weighted by molar-refractivity contribution is 14.0. The lowest BCUT2D eigenvalue weighted by atomic mass is 10.1. The van der Waals surface area contributed by atoms with Gasteiger partial charge in [0.1, 0.15) is 0 Å². The van der Waals surface area contributed by atoms with Gasteiger partial charge in [-0.15, -0.1) is 24.0 Å². The Kier molecular flexibility index (Phi) is 10.4. The van der Waals surface area contributed by atoms with Gasteiger partial charge >= 0.3 is 0 Å². The fourth-order valence-electron chi connectivity index (χ4n) is 2.79. The van der Waals surface area contributed by atoms with E-state index in [-0.39, 0.29) is 28.9 Å². The minimum Gasteiger partial charge on any atom is -0.357 e. The van der Waals surface area contributed by atoms with Crippen molar-refractivity contribution in [2.45, 2.75) is 37.5 Å². The molecule has 1 unspecified atom stereocenters. The Morgan fingerprint density at radius 2 is 2.15 bits per heavy atom. The molecule has 0 saturated carbocycles. The molecule has 1 aromatic rings. The molecule has 1 aliphatic rings. The monoisotopic (exact) mass is 526 g/mol. The van der Waals surface area contributed by atoms with E-state index in [1.807, 2.05) is 17.8 Å². The van der Waals surface area contributed by atoms with Gasteiger partial charge < -0.3 is 10.2 Å². The summed E-state index contributed by atoms with van der Waals surface area (Å²) in [6.07, 6.45) is 0. The Labute approximate surface area is 185 Å². The molecule has 0 radical (unpaired) electrons. The van der Waals surface area contributed by atoms with Gasteiger partial charge in [-0.1, -0.05) is 26.0 Å². The Balaban J connectivity index is 0.00000364. The molecule has 1 fully saturated rings. The molecule has 154 valence electrons. The number of aliphatic imine (C=N–C) groups is 1. The molecule has 0 aliphatic carbocycles. The largest absolute Gasteiger partial charge is 0.357 e. The molecular formula is C18H31IN4O2S2. The summed E-state index contributed by atoms with van der Waals surface area (Å²) < 4.78 is 26.3. The van der Waals surface area contributed by atoms with Crippen LogP contribution in [0.4, 0.5) is 0 Å². The van der Waals surface area contributed by atoms with Crippen LogP contribution in [-0.2, 0) is 16.6 Å². The zero-order chi connectivity index (χ0) is 19.2. The number of hydrogen-bond acceptors (Lipinski definition) is 4. The van der Waals surface area contributed by atoms with E-state index in [4.69, 9.17) is 4.99 Å². The van der Waals surface area contributed by atoms with Crippen LogP contribution >= 0.6 is 35.7 Å². The Morgan fingerprint density at radius 3 is 2.78 bits per heavy atom. The van der Waals surface area contributed by atoms with Crippen LogP contribution in [0.2, 0.25) is 0 Å². The van der Waals surface area contributed by atoms with Crippen LogP contribution in [0, 0.1) is 5.92 Å². The summed E-state index contributed by atoms with van der Waals surface area (Å²) in [5, 5.41) is 3.98. The quantitative estimate of drug-likeness (QED) is 0.339. The first-order valence-electron chi connectivity index (χ1n) is 9.04. The molecule has 1 heterocycles. The lowest BCUT2D eigenvalue weighted by Crippen LogP contribution is -2.49. The molecule has 1 atom stereocenters. The number of hydrogen-bond donors (Lipinski definition) is 2. The number of halogens is 1. The smallest absolute Gasteiger partial charge is 0.240 e. The summed E-state index contributed by atoms with van der Waals surface area (Å²) in [5.74, 6) is 2.64. The molecule has 6 nitrogen and oxygen atoms in total. The predicted octanol–water partition coefficient (Wildman–Crippen LogP) is 2.75. The molecule has 0 spiro atoms. The van der Waals surface area contributed by atoms with E-state index in [0.717, 1.165) is 36.9 Å². The van der Waals surface area contributed by atoms with Crippen molar-refractivity contribution < 1.29 is 8.42 Å². The Morgan fingerprint density at radius 1 is 1.41 bits per heavy atom. The van der Waals surface area contributed by atoms with E-state index < -0.39 is 10.0 Å². The second kappa shape index (κ2) is 11.5. The van der Waals surface area contributed by atoms with Gasteiger partial charge in [0, 0.05) is 30.6 Å². The van der Waals surface area contributed by atoms with Gasteiger partial charge in [-0.2, -0.15) is 11.8 Å². The Hall–Kier alpha value is -0.520. The summed E-state index contributed by atoms with van der Waals surface area (Å²) in [6.45, 7) is 9.82. The molecule has 2 N–H and O–H groups in total. The highest BCUT2D eigenvalue weighted by Crippen LogP contribution is 2.25. The van der Waals surface area contributed by atoms with Crippen molar-refractivity contribution in [3.05, 3.63) is 29.8 Å². The molecule has 0 amide bonds. The van der Waals surface area contributed by atoms with Crippen LogP contribution in [0.1, 0.15) is 26.3 Å². The van der Waals surface area contributed by atoms with Gasteiger partial charge in [-0.05, 0) is 37.6 Å². The number of sulfonamides is 1. The van der Waals surface area contributed by atoms with Crippen molar-refractivity contribution in [2.75, 3.05) is 32.4 Å². The number of nitrogens with one attached hydrogen (secondary N) is 2. The first-order valence-corrected chi connectivity index (χ1v) is 11.6. The van der Waals surface area contributed by atoms with Crippen LogP contribution in [0.5, 0.6) is 0 Å². The fraction of sp³-hybridized carbons (Fsp3) is 0.611. The third kappa shape index (κ3) is 7.10. The van der Waals surface area contributed by atoms with Gasteiger partial charge in [0.05, 0.1) is 11.4 Å². The molecule has 0 aromatic heterocycles. The highest BCUT2D eigenvalue weighted by atomic mass is 127. The second-order valence-corrected chi connectivity index (χ2v) is 9.86. The van der Waals surface area contributed by atoms with Crippen molar-refractivity contribution in [1.29, 1.82) is 0 Å². The van der Waals surface area contributed by atoms with E-state index in [1.165, 1.54) is 7.05 Å². The zero-order valence-electron chi connectivity index (χ0n) is 16.4. The third-order valence-electron chi connectivity index (χ3n) is 4.36. The molecule has 1 saturated heterocycles. The molecular weight excluding hydrogens is 495 g/mol. The second-order valence-electron chi connectivity index (χ2n) is 6.62. The first-order chi connectivity index (χ1) is 12.4.